The Morgan fingerprint density at radius 3 is 2.69 bits per heavy atom. The fraction of sp³-hybridized carbons (Fsp3) is 0.211. The van der Waals surface area contributed by atoms with E-state index in [0.29, 0.717) is 21.1 Å². The Kier molecular flexibility index (Phi) is 4.08. The van der Waals surface area contributed by atoms with Crippen LogP contribution in [0.5, 0.6) is 0 Å². The van der Waals surface area contributed by atoms with Gasteiger partial charge in [0.1, 0.15) is 5.58 Å². The van der Waals surface area contributed by atoms with Gasteiger partial charge in [-0.2, -0.15) is 0 Å². The lowest BCUT2D eigenvalue weighted by atomic mass is 10.1. The minimum atomic E-state index is -0.423. The molecule has 2 N–H and O–H groups in total. The maximum Gasteiger partial charge on any atom is 0.336 e. The third-order valence-electron chi connectivity index (χ3n) is 4.23. The summed E-state index contributed by atoms with van der Waals surface area (Å²) in [6.45, 7) is 1.83. The van der Waals surface area contributed by atoms with Crippen molar-refractivity contribution in [2.24, 2.45) is 5.92 Å². The zero-order valence-corrected chi connectivity index (χ0v) is 14.8. The van der Waals surface area contributed by atoms with Crippen LogP contribution in [0.4, 0.5) is 10.7 Å². The molecular formula is C19H16N2O4S. The summed E-state index contributed by atoms with van der Waals surface area (Å²) >= 11 is 1.22. The van der Waals surface area contributed by atoms with Crippen LogP contribution in [0.2, 0.25) is 0 Å². The summed E-state index contributed by atoms with van der Waals surface area (Å²) in [5.41, 5.74) is 1.36. The van der Waals surface area contributed by atoms with Gasteiger partial charge in [0.2, 0.25) is 5.91 Å². The third kappa shape index (κ3) is 3.39. The van der Waals surface area contributed by atoms with E-state index >= 15 is 0 Å². The highest BCUT2D eigenvalue weighted by Gasteiger charge is 2.29. The lowest BCUT2D eigenvalue weighted by molar-refractivity contribution is -0.117. The van der Waals surface area contributed by atoms with Crippen LogP contribution in [0.15, 0.2) is 45.6 Å². The van der Waals surface area contributed by atoms with Crippen molar-refractivity contribution in [3.8, 4) is 0 Å². The summed E-state index contributed by atoms with van der Waals surface area (Å²) in [7, 11) is 0. The number of carbonyl (C=O) groups is 2. The van der Waals surface area contributed by atoms with Crippen LogP contribution >= 0.6 is 11.3 Å². The standard InChI is InChI=1S/C19H16N2O4S/c1-10-8-17(22)25-14-9-12(4-5-13(10)14)20-19(24)15-6-7-16(26-15)21-18(23)11-2-3-11/h4-9,11H,2-3H2,1H3,(H,20,24)(H,21,23). The van der Waals surface area contributed by atoms with Crippen molar-refractivity contribution in [2.45, 2.75) is 19.8 Å². The Bertz CT molecular complexity index is 1080. The van der Waals surface area contributed by atoms with Crippen molar-refractivity contribution < 1.29 is 14.0 Å². The molecule has 1 aromatic carbocycles. The molecule has 1 aliphatic carbocycles. The summed E-state index contributed by atoms with van der Waals surface area (Å²) in [6, 6.07) is 10.0. The fourth-order valence-electron chi connectivity index (χ4n) is 2.69. The van der Waals surface area contributed by atoms with Crippen molar-refractivity contribution in [3.63, 3.8) is 0 Å². The van der Waals surface area contributed by atoms with Gasteiger partial charge in [-0.05, 0) is 49.6 Å². The van der Waals surface area contributed by atoms with Gasteiger partial charge in [-0.25, -0.2) is 4.79 Å². The van der Waals surface area contributed by atoms with Gasteiger partial charge in [0, 0.05) is 29.1 Å². The van der Waals surface area contributed by atoms with Crippen LogP contribution < -0.4 is 16.3 Å². The zero-order chi connectivity index (χ0) is 18.3. The maximum absolute atomic E-state index is 12.4. The molecule has 0 radical (unpaired) electrons. The second-order valence-corrected chi connectivity index (χ2v) is 7.42. The quantitative estimate of drug-likeness (QED) is 0.686. The molecule has 0 saturated heterocycles. The molecule has 2 amide bonds. The number of hydrogen-bond donors (Lipinski definition) is 2. The van der Waals surface area contributed by atoms with Gasteiger partial charge in [-0.1, -0.05) is 0 Å². The summed E-state index contributed by atoms with van der Waals surface area (Å²) in [4.78, 5) is 36.2. The smallest absolute Gasteiger partial charge is 0.336 e. The van der Waals surface area contributed by atoms with Crippen molar-refractivity contribution in [2.75, 3.05) is 10.6 Å². The summed E-state index contributed by atoms with van der Waals surface area (Å²) < 4.78 is 5.19. The van der Waals surface area contributed by atoms with E-state index in [0.717, 1.165) is 23.8 Å². The Morgan fingerprint density at radius 2 is 1.92 bits per heavy atom. The molecule has 6 nitrogen and oxygen atoms in total. The molecule has 3 aromatic rings. The Hall–Kier alpha value is -2.93. The van der Waals surface area contributed by atoms with Gasteiger partial charge in [0.05, 0.1) is 9.88 Å². The van der Waals surface area contributed by atoms with Crippen molar-refractivity contribution >= 4 is 44.8 Å². The number of nitrogens with one attached hydrogen (secondary N) is 2. The average molecular weight is 368 g/mol. The SMILES string of the molecule is Cc1cc(=O)oc2cc(NC(=O)c3ccc(NC(=O)C4CC4)s3)ccc12. The van der Waals surface area contributed by atoms with Crippen LogP contribution in [0.1, 0.15) is 28.1 Å². The highest BCUT2D eigenvalue weighted by Crippen LogP contribution is 2.32. The molecule has 0 aliphatic heterocycles. The van der Waals surface area contributed by atoms with Crippen molar-refractivity contribution in [1.29, 1.82) is 0 Å². The first-order valence-electron chi connectivity index (χ1n) is 8.26. The van der Waals surface area contributed by atoms with E-state index in [9.17, 15) is 14.4 Å². The predicted octanol–water partition coefficient (Wildman–Crippen LogP) is 3.76. The van der Waals surface area contributed by atoms with Crippen LogP contribution in [-0.4, -0.2) is 11.8 Å². The first-order valence-corrected chi connectivity index (χ1v) is 9.08. The number of thiophene rings is 1. The molecule has 0 spiro atoms. The van der Waals surface area contributed by atoms with Gasteiger partial charge >= 0.3 is 5.63 Å². The molecule has 0 bridgehead atoms. The van der Waals surface area contributed by atoms with E-state index in [2.05, 4.69) is 10.6 Å². The zero-order valence-electron chi connectivity index (χ0n) is 14.0. The van der Waals surface area contributed by atoms with E-state index in [-0.39, 0.29) is 17.7 Å². The molecule has 0 atom stereocenters. The predicted molar refractivity (Wildman–Crippen MR) is 101 cm³/mol. The number of amides is 2. The van der Waals surface area contributed by atoms with Gasteiger partial charge < -0.3 is 15.1 Å². The van der Waals surface area contributed by atoms with Gasteiger partial charge in [-0.15, -0.1) is 11.3 Å². The molecule has 2 aromatic heterocycles. The molecule has 4 rings (SSSR count). The third-order valence-corrected chi connectivity index (χ3v) is 5.23. The number of rotatable bonds is 4. The molecule has 7 heteroatoms. The van der Waals surface area contributed by atoms with Crippen molar-refractivity contribution in [3.05, 3.63) is 57.3 Å². The van der Waals surface area contributed by atoms with E-state index in [1.165, 1.54) is 17.4 Å². The molecule has 1 fully saturated rings. The first kappa shape index (κ1) is 16.5. The number of hydrogen-bond acceptors (Lipinski definition) is 5. The number of aryl methyl sites for hydroxylation is 1. The van der Waals surface area contributed by atoms with Crippen LogP contribution in [0.3, 0.4) is 0 Å². The van der Waals surface area contributed by atoms with E-state index in [4.69, 9.17) is 4.42 Å². The molecule has 1 aliphatic rings. The second-order valence-electron chi connectivity index (χ2n) is 6.34. The summed E-state index contributed by atoms with van der Waals surface area (Å²) in [6.07, 6.45) is 1.87. The second kappa shape index (κ2) is 6.42. The van der Waals surface area contributed by atoms with Gasteiger partial charge in [-0.3, -0.25) is 9.59 Å². The van der Waals surface area contributed by atoms with E-state index in [1.54, 1.807) is 30.3 Å². The molecule has 1 saturated carbocycles. The Morgan fingerprint density at radius 1 is 1.12 bits per heavy atom. The average Bonchev–Trinajstić information content (AvgIpc) is 3.34. The Balaban J connectivity index is 1.51. The lowest BCUT2D eigenvalue weighted by Crippen LogP contribution is -2.12. The minimum Gasteiger partial charge on any atom is -0.423 e. The van der Waals surface area contributed by atoms with Crippen LogP contribution in [0.25, 0.3) is 11.0 Å². The minimum absolute atomic E-state index is 0.0127. The number of anilines is 2. The highest BCUT2D eigenvalue weighted by atomic mass is 32.1. The van der Waals surface area contributed by atoms with Crippen LogP contribution in [-0.2, 0) is 4.79 Å². The number of benzene rings is 1. The maximum atomic E-state index is 12.4. The van der Waals surface area contributed by atoms with E-state index in [1.807, 2.05) is 6.92 Å². The van der Waals surface area contributed by atoms with Crippen LogP contribution in [0, 0.1) is 12.8 Å². The number of fused-ring (bicyclic) bond motifs is 1. The fourth-order valence-corrected chi connectivity index (χ4v) is 3.50. The molecule has 132 valence electrons. The van der Waals surface area contributed by atoms with Gasteiger partial charge in [0.15, 0.2) is 0 Å². The Labute approximate surface area is 152 Å². The normalized spacial score (nSPS) is 13.6. The first-order chi connectivity index (χ1) is 12.5. The number of carbonyl (C=O) groups excluding carboxylic acids is 2. The molecule has 2 heterocycles. The monoisotopic (exact) mass is 368 g/mol. The van der Waals surface area contributed by atoms with E-state index < -0.39 is 5.63 Å². The topological polar surface area (TPSA) is 88.4 Å². The van der Waals surface area contributed by atoms with Gasteiger partial charge in [0.25, 0.3) is 5.91 Å². The summed E-state index contributed by atoms with van der Waals surface area (Å²) in [5.74, 6) is -0.153. The van der Waals surface area contributed by atoms with Crippen molar-refractivity contribution in [1.82, 2.24) is 0 Å². The molecular weight excluding hydrogens is 352 g/mol. The molecule has 0 unspecified atom stereocenters. The summed E-state index contributed by atoms with van der Waals surface area (Å²) in [5, 5.41) is 7.10. The highest BCUT2D eigenvalue weighted by molar-refractivity contribution is 7.18. The molecule has 26 heavy (non-hydrogen) atoms. The lowest BCUT2D eigenvalue weighted by Gasteiger charge is -2.06. The largest absolute Gasteiger partial charge is 0.423 e.